The third-order valence-corrected chi connectivity index (χ3v) is 6.05. The minimum absolute atomic E-state index is 0.0329. The molecule has 2 aromatic carbocycles. The Kier molecular flexibility index (Phi) is 6.34. The summed E-state index contributed by atoms with van der Waals surface area (Å²) in [6, 6.07) is 10.6. The summed E-state index contributed by atoms with van der Waals surface area (Å²) in [5, 5.41) is 0.377. The summed E-state index contributed by atoms with van der Waals surface area (Å²) in [7, 11) is 1.10. The van der Waals surface area contributed by atoms with Gasteiger partial charge in [0.25, 0.3) is 10.0 Å². The molecule has 0 radical (unpaired) electrons. The van der Waals surface area contributed by atoms with Crippen molar-refractivity contribution in [2.45, 2.75) is 4.90 Å². The number of halogens is 2. The molecule has 0 bridgehead atoms. The van der Waals surface area contributed by atoms with Crippen LogP contribution >= 0.6 is 23.2 Å². The zero-order chi connectivity index (χ0) is 19.5. The van der Waals surface area contributed by atoms with Gasteiger partial charge in [-0.1, -0.05) is 35.3 Å². The van der Waals surface area contributed by atoms with Crippen LogP contribution in [-0.4, -0.2) is 40.2 Å². The fourth-order valence-corrected chi connectivity index (χ4v) is 4.07. The number of rotatable bonds is 6. The van der Waals surface area contributed by atoms with Crippen LogP contribution in [0.3, 0.4) is 0 Å². The minimum atomic E-state index is -3.90. The largest absolute Gasteiger partial charge is 0.383 e. The van der Waals surface area contributed by atoms with Crippen molar-refractivity contribution in [3.8, 4) is 0 Å². The normalized spacial score (nSPS) is 11.6. The summed E-state index contributed by atoms with van der Waals surface area (Å²) in [4.78, 5) is 13.9. The number of nitrogens with zero attached hydrogens (tertiary/aromatic N) is 2. The monoisotopic (exact) mass is 412 g/mol. The molecule has 0 saturated carbocycles. The van der Waals surface area contributed by atoms with Gasteiger partial charge in [0, 0.05) is 44.0 Å². The van der Waals surface area contributed by atoms with E-state index in [4.69, 9.17) is 23.2 Å². The Bertz CT molecular complexity index is 957. The van der Waals surface area contributed by atoms with Crippen LogP contribution in [0.1, 0.15) is 10.4 Å². The highest BCUT2D eigenvalue weighted by Crippen LogP contribution is 2.29. The molecule has 0 unspecified atom stereocenters. The third-order valence-electron chi connectivity index (χ3n) is 3.55. The second-order valence-electron chi connectivity index (χ2n) is 5.74. The van der Waals surface area contributed by atoms with Crippen LogP contribution in [0.2, 0.25) is 10.0 Å². The molecular formula is C18H18Cl2N2O3S. The first-order valence-electron chi connectivity index (χ1n) is 7.56. The number of hydrogen-bond donors (Lipinski definition) is 0. The van der Waals surface area contributed by atoms with E-state index >= 15 is 0 Å². The van der Waals surface area contributed by atoms with E-state index < -0.39 is 10.0 Å². The average molecular weight is 413 g/mol. The second-order valence-corrected chi connectivity index (χ2v) is 8.52. The lowest BCUT2D eigenvalue weighted by atomic mass is 10.1. The highest BCUT2D eigenvalue weighted by Gasteiger charge is 2.24. The number of carbonyl (C=O) groups is 1. The molecule has 0 aliphatic heterocycles. The zero-order valence-electron chi connectivity index (χ0n) is 14.5. The fraction of sp³-hybridized carbons (Fsp3) is 0.167. The molecule has 0 atom stereocenters. The van der Waals surface area contributed by atoms with Crippen LogP contribution in [-0.2, 0) is 10.0 Å². The molecule has 0 heterocycles. The van der Waals surface area contributed by atoms with E-state index in [0.717, 1.165) is 4.31 Å². The van der Waals surface area contributed by atoms with E-state index in [1.807, 2.05) is 0 Å². The van der Waals surface area contributed by atoms with Crippen molar-refractivity contribution in [3.63, 3.8) is 0 Å². The summed E-state index contributed by atoms with van der Waals surface area (Å²) < 4.78 is 26.8. The molecule has 0 saturated heterocycles. The Balaban J connectivity index is 2.39. The maximum atomic E-state index is 12.9. The molecule has 0 fully saturated rings. The zero-order valence-corrected chi connectivity index (χ0v) is 16.8. The highest BCUT2D eigenvalue weighted by molar-refractivity contribution is 7.93. The van der Waals surface area contributed by atoms with Gasteiger partial charge in [0.2, 0.25) is 0 Å². The average Bonchev–Trinajstić information content (AvgIpc) is 2.58. The van der Waals surface area contributed by atoms with Crippen LogP contribution in [0, 0.1) is 0 Å². The summed E-state index contributed by atoms with van der Waals surface area (Å²) >= 11 is 11.9. The van der Waals surface area contributed by atoms with E-state index in [1.54, 1.807) is 43.4 Å². The third kappa shape index (κ3) is 4.58. The summed E-state index contributed by atoms with van der Waals surface area (Å²) in [5.74, 6) is -0.226. The first-order valence-corrected chi connectivity index (χ1v) is 9.75. The number of hydrogen-bond acceptors (Lipinski definition) is 4. The summed E-state index contributed by atoms with van der Waals surface area (Å²) in [6.45, 7) is 0. The molecule has 26 heavy (non-hydrogen) atoms. The lowest BCUT2D eigenvalue weighted by molar-refractivity contribution is 0.104. The predicted octanol–water partition coefficient (Wildman–Crippen LogP) is 4.08. The first kappa shape index (κ1) is 20.3. The van der Waals surface area contributed by atoms with Crippen molar-refractivity contribution in [2.75, 3.05) is 25.4 Å². The number of sulfonamides is 1. The maximum absolute atomic E-state index is 12.9. The minimum Gasteiger partial charge on any atom is -0.383 e. The van der Waals surface area contributed by atoms with Crippen LogP contribution in [0.5, 0.6) is 0 Å². The smallest absolute Gasteiger partial charge is 0.265 e. The molecule has 2 rings (SSSR count). The van der Waals surface area contributed by atoms with E-state index in [-0.39, 0.29) is 15.7 Å². The number of allylic oxidation sites excluding steroid dienone is 1. The van der Waals surface area contributed by atoms with Gasteiger partial charge < -0.3 is 4.90 Å². The van der Waals surface area contributed by atoms with Gasteiger partial charge in [0.05, 0.1) is 10.7 Å². The Morgan fingerprint density at radius 2 is 1.73 bits per heavy atom. The van der Waals surface area contributed by atoms with Crippen LogP contribution in [0.15, 0.2) is 59.6 Å². The molecule has 0 amide bonds. The number of ketones is 1. The maximum Gasteiger partial charge on any atom is 0.265 e. The van der Waals surface area contributed by atoms with Crippen molar-refractivity contribution < 1.29 is 13.2 Å². The van der Waals surface area contributed by atoms with Crippen LogP contribution < -0.4 is 4.31 Å². The van der Waals surface area contributed by atoms with Crippen molar-refractivity contribution in [3.05, 3.63) is 70.3 Å². The second kappa shape index (κ2) is 8.12. The van der Waals surface area contributed by atoms with E-state index in [1.165, 1.54) is 37.4 Å². The molecular weight excluding hydrogens is 395 g/mol. The number of carbonyl (C=O) groups excluding carboxylic acids is 1. The van der Waals surface area contributed by atoms with Crippen molar-refractivity contribution >= 4 is 44.7 Å². The van der Waals surface area contributed by atoms with Gasteiger partial charge in [0.1, 0.15) is 4.90 Å². The Morgan fingerprint density at radius 1 is 1.04 bits per heavy atom. The molecule has 0 aromatic heterocycles. The lowest BCUT2D eigenvalue weighted by Gasteiger charge is -2.20. The van der Waals surface area contributed by atoms with Crippen LogP contribution in [0.4, 0.5) is 5.69 Å². The molecule has 138 valence electrons. The topological polar surface area (TPSA) is 57.7 Å². The quantitative estimate of drug-likeness (QED) is 0.529. The Morgan fingerprint density at radius 3 is 2.35 bits per heavy atom. The van der Waals surface area contributed by atoms with Gasteiger partial charge in [0.15, 0.2) is 5.78 Å². The highest BCUT2D eigenvalue weighted by atomic mass is 35.5. The van der Waals surface area contributed by atoms with Gasteiger partial charge in [-0.05, 0) is 30.3 Å². The molecule has 2 aromatic rings. The molecule has 0 spiro atoms. The van der Waals surface area contributed by atoms with Crippen molar-refractivity contribution in [1.29, 1.82) is 0 Å². The Labute approximate surface area is 163 Å². The number of benzene rings is 2. The van der Waals surface area contributed by atoms with Gasteiger partial charge in [-0.15, -0.1) is 0 Å². The number of anilines is 1. The molecule has 8 heteroatoms. The van der Waals surface area contributed by atoms with Crippen LogP contribution in [0.25, 0.3) is 0 Å². The molecule has 0 aliphatic carbocycles. The molecule has 0 N–H and O–H groups in total. The standard InChI is InChI=1S/C18H18Cl2N2O3S/c1-21(2)10-9-17(23)13-5-4-6-15(11-13)22(3)26(24,25)18-8-7-14(19)12-16(18)20/h4-12H,1-3H3. The predicted molar refractivity (Wildman–Crippen MR) is 106 cm³/mol. The van der Waals surface area contributed by atoms with E-state index in [0.29, 0.717) is 16.3 Å². The lowest BCUT2D eigenvalue weighted by Crippen LogP contribution is -2.27. The Hall–Kier alpha value is -2.02. The van der Waals surface area contributed by atoms with Gasteiger partial charge in [-0.2, -0.15) is 0 Å². The SMILES string of the molecule is CN(C)C=CC(=O)c1cccc(N(C)S(=O)(=O)c2ccc(Cl)cc2Cl)c1. The summed E-state index contributed by atoms with van der Waals surface area (Å²) in [6.07, 6.45) is 3.05. The van der Waals surface area contributed by atoms with Gasteiger partial charge >= 0.3 is 0 Å². The van der Waals surface area contributed by atoms with Crippen molar-refractivity contribution in [1.82, 2.24) is 4.90 Å². The summed E-state index contributed by atoms with van der Waals surface area (Å²) in [5.41, 5.74) is 0.727. The molecule has 0 aliphatic rings. The fourth-order valence-electron chi connectivity index (χ4n) is 2.14. The first-order chi connectivity index (χ1) is 12.1. The van der Waals surface area contributed by atoms with E-state index in [2.05, 4.69) is 0 Å². The van der Waals surface area contributed by atoms with Gasteiger partial charge in [-0.3, -0.25) is 9.10 Å². The van der Waals surface area contributed by atoms with Crippen molar-refractivity contribution in [2.24, 2.45) is 0 Å². The molecule has 5 nitrogen and oxygen atoms in total. The van der Waals surface area contributed by atoms with E-state index in [9.17, 15) is 13.2 Å². The van der Waals surface area contributed by atoms with Gasteiger partial charge in [-0.25, -0.2) is 8.42 Å².